The van der Waals surface area contributed by atoms with Crippen molar-refractivity contribution < 1.29 is 24.2 Å². The lowest BCUT2D eigenvalue weighted by atomic mass is 9.97. The topological polar surface area (TPSA) is 95.9 Å². The maximum atomic E-state index is 11.8. The second-order valence-corrected chi connectivity index (χ2v) is 4.65. The number of hydrogen-bond acceptors (Lipinski definition) is 5. The Morgan fingerprint density at radius 1 is 1.30 bits per heavy atom. The summed E-state index contributed by atoms with van der Waals surface area (Å²) in [5, 5.41) is 11.1. The number of hydrogen-bond donors (Lipinski definition) is 2. The average Bonchev–Trinajstić information content (AvgIpc) is 2.47. The fourth-order valence-corrected chi connectivity index (χ4v) is 2.08. The maximum Gasteiger partial charge on any atom is 0.311 e. The predicted octanol–water partition coefficient (Wildman–Crippen LogP) is -0.713. The molecule has 0 saturated carbocycles. The summed E-state index contributed by atoms with van der Waals surface area (Å²) in [4.78, 5) is 36.4. The third-order valence-electron chi connectivity index (χ3n) is 3.22. The highest BCUT2D eigenvalue weighted by Crippen LogP contribution is 2.18. The van der Waals surface area contributed by atoms with Gasteiger partial charge in [0.2, 0.25) is 0 Å². The molecule has 0 spiro atoms. The maximum absolute atomic E-state index is 11.8. The van der Waals surface area contributed by atoms with Crippen LogP contribution in [-0.2, 0) is 19.1 Å². The van der Waals surface area contributed by atoms with Gasteiger partial charge in [-0.25, -0.2) is 0 Å². The Morgan fingerprint density at radius 2 is 1.95 bits per heavy atom. The van der Waals surface area contributed by atoms with Crippen LogP contribution in [0.25, 0.3) is 0 Å². The van der Waals surface area contributed by atoms with Gasteiger partial charge < -0.3 is 20.1 Å². The van der Waals surface area contributed by atoms with Gasteiger partial charge in [-0.05, 0) is 26.2 Å². The van der Waals surface area contributed by atoms with Crippen molar-refractivity contribution in [3.8, 4) is 0 Å². The van der Waals surface area contributed by atoms with Crippen molar-refractivity contribution in [3.05, 3.63) is 0 Å². The number of aliphatic hydroxyl groups excluding tert-OH is 1. The van der Waals surface area contributed by atoms with Gasteiger partial charge in [0, 0.05) is 26.2 Å². The Kier molecular flexibility index (Phi) is 7.00. The van der Waals surface area contributed by atoms with Crippen molar-refractivity contribution in [3.63, 3.8) is 0 Å². The standard InChI is InChI=1S/C13H22N2O5/c1-2-20-13(19)10-4-7-15(8-5-10)12(18)11(17)14-6-3-9-16/h10,16H,2-9H2,1H3,(H,14,17). The molecule has 1 rings (SSSR count). The van der Waals surface area contributed by atoms with Crippen molar-refractivity contribution >= 4 is 17.8 Å². The molecule has 0 aromatic carbocycles. The Labute approximate surface area is 118 Å². The summed E-state index contributed by atoms with van der Waals surface area (Å²) in [6.45, 7) is 3.13. The summed E-state index contributed by atoms with van der Waals surface area (Å²) in [6, 6.07) is 0. The molecule has 20 heavy (non-hydrogen) atoms. The Hall–Kier alpha value is -1.63. The Morgan fingerprint density at radius 3 is 2.50 bits per heavy atom. The van der Waals surface area contributed by atoms with Crippen LogP contribution in [0, 0.1) is 5.92 Å². The van der Waals surface area contributed by atoms with Crippen molar-refractivity contribution in [2.45, 2.75) is 26.2 Å². The molecule has 1 aliphatic heterocycles. The van der Waals surface area contributed by atoms with Crippen LogP contribution in [0.15, 0.2) is 0 Å². The SMILES string of the molecule is CCOC(=O)C1CCN(C(=O)C(=O)NCCCO)CC1. The van der Waals surface area contributed by atoms with E-state index in [0.717, 1.165) is 0 Å². The number of likely N-dealkylation sites (tertiary alicyclic amines) is 1. The van der Waals surface area contributed by atoms with Crippen LogP contribution in [0.4, 0.5) is 0 Å². The average molecular weight is 286 g/mol. The molecule has 0 radical (unpaired) electrons. The second-order valence-electron chi connectivity index (χ2n) is 4.65. The van der Waals surface area contributed by atoms with E-state index >= 15 is 0 Å². The molecule has 114 valence electrons. The van der Waals surface area contributed by atoms with Gasteiger partial charge in [0.1, 0.15) is 0 Å². The number of piperidine rings is 1. The van der Waals surface area contributed by atoms with Gasteiger partial charge in [-0.1, -0.05) is 0 Å². The first-order valence-corrected chi connectivity index (χ1v) is 6.94. The molecule has 2 amide bonds. The molecule has 0 atom stereocenters. The summed E-state index contributed by atoms with van der Waals surface area (Å²) >= 11 is 0. The van der Waals surface area contributed by atoms with Gasteiger partial charge in [-0.15, -0.1) is 0 Å². The predicted molar refractivity (Wildman–Crippen MR) is 70.6 cm³/mol. The van der Waals surface area contributed by atoms with E-state index in [9.17, 15) is 14.4 Å². The van der Waals surface area contributed by atoms with E-state index in [0.29, 0.717) is 39.0 Å². The van der Waals surface area contributed by atoms with Crippen LogP contribution in [0.1, 0.15) is 26.2 Å². The normalized spacial score (nSPS) is 15.8. The minimum Gasteiger partial charge on any atom is -0.466 e. The molecule has 7 heteroatoms. The van der Waals surface area contributed by atoms with Gasteiger partial charge in [0.15, 0.2) is 0 Å². The lowest BCUT2D eigenvalue weighted by Crippen LogP contribution is -2.47. The van der Waals surface area contributed by atoms with Gasteiger partial charge >= 0.3 is 17.8 Å². The van der Waals surface area contributed by atoms with E-state index in [4.69, 9.17) is 9.84 Å². The van der Waals surface area contributed by atoms with E-state index in [1.54, 1.807) is 6.92 Å². The Bertz CT molecular complexity index is 351. The van der Waals surface area contributed by atoms with Gasteiger partial charge in [-0.3, -0.25) is 14.4 Å². The first kappa shape index (κ1) is 16.4. The highest BCUT2D eigenvalue weighted by atomic mass is 16.5. The summed E-state index contributed by atoms with van der Waals surface area (Å²) in [5.41, 5.74) is 0. The van der Waals surface area contributed by atoms with Crippen molar-refractivity contribution in [1.82, 2.24) is 10.2 Å². The van der Waals surface area contributed by atoms with Crippen molar-refractivity contribution in [1.29, 1.82) is 0 Å². The quantitative estimate of drug-likeness (QED) is 0.395. The number of ether oxygens (including phenoxy) is 1. The molecular formula is C13H22N2O5. The van der Waals surface area contributed by atoms with E-state index in [1.165, 1.54) is 4.90 Å². The number of carbonyl (C=O) groups excluding carboxylic acids is 3. The second kappa shape index (κ2) is 8.52. The smallest absolute Gasteiger partial charge is 0.311 e. The van der Waals surface area contributed by atoms with Gasteiger partial charge in [-0.2, -0.15) is 0 Å². The van der Waals surface area contributed by atoms with Crippen LogP contribution in [0.2, 0.25) is 0 Å². The third kappa shape index (κ3) is 4.80. The molecule has 1 heterocycles. The van der Waals surface area contributed by atoms with Crippen molar-refractivity contribution in [2.75, 3.05) is 32.8 Å². The lowest BCUT2D eigenvalue weighted by Gasteiger charge is -2.30. The van der Waals surface area contributed by atoms with Crippen LogP contribution in [-0.4, -0.2) is 60.6 Å². The summed E-state index contributed by atoms with van der Waals surface area (Å²) in [6.07, 6.45) is 1.47. The van der Waals surface area contributed by atoms with E-state index in [-0.39, 0.29) is 25.0 Å². The number of nitrogens with zero attached hydrogens (tertiary/aromatic N) is 1. The van der Waals surface area contributed by atoms with Gasteiger partial charge in [0.05, 0.1) is 12.5 Å². The zero-order valence-electron chi connectivity index (χ0n) is 11.8. The molecule has 0 aromatic heterocycles. The monoisotopic (exact) mass is 286 g/mol. The fourth-order valence-electron chi connectivity index (χ4n) is 2.08. The molecule has 1 saturated heterocycles. The van der Waals surface area contributed by atoms with Crippen molar-refractivity contribution in [2.24, 2.45) is 5.92 Å². The molecule has 0 unspecified atom stereocenters. The number of rotatable bonds is 5. The zero-order chi connectivity index (χ0) is 15.0. The molecule has 0 aromatic rings. The fraction of sp³-hybridized carbons (Fsp3) is 0.769. The van der Waals surface area contributed by atoms with Gasteiger partial charge in [0.25, 0.3) is 0 Å². The highest BCUT2D eigenvalue weighted by Gasteiger charge is 2.30. The van der Waals surface area contributed by atoms with E-state index in [2.05, 4.69) is 5.32 Å². The zero-order valence-corrected chi connectivity index (χ0v) is 11.8. The van der Waals surface area contributed by atoms with E-state index in [1.807, 2.05) is 0 Å². The molecule has 0 aliphatic carbocycles. The molecular weight excluding hydrogens is 264 g/mol. The van der Waals surface area contributed by atoms with Crippen LogP contribution < -0.4 is 5.32 Å². The van der Waals surface area contributed by atoms with Crippen LogP contribution in [0.3, 0.4) is 0 Å². The molecule has 1 aliphatic rings. The minimum absolute atomic E-state index is 0.0284. The van der Waals surface area contributed by atoms with Crippen LogP contribution >= 0.6 is 0 Å². The van der Waals surface area contributed by atoms with E-state index < -0.39 is 11.8 Å². The number of nitrogens with one attached hydrogen (secondary N) is 1. The summed E-state index contributed by atoms with van der Waals surface area (Å²) < 4.78 is 4.94. The summed E-state index contributed by atoms with van der Waals surface area (Å²) in [7, 11) is 0. The Balaban J connectivity index is 2.35. The van der Waals surface area contributed by atoms with Crippen LogP contribution in [0.5, 0.6) is 0 Å². The minimum atomic E-state index is -0.659. The largest absolute Gasteiger partial charge is 0.466 e. The number of esters is 1. The number of aliphatic hydroxyl groups is 1. The first-order valence-electron chi connectivity index (χ1n) is 6.94. The molecule has 0 bridgehead atoms. The molecule has 1 fully saturated rings. The first-order chi connectivity index (χ1) is 9.60. The number of amides is 2. The number of carbonyl (C=O) groups is 3. The summed E-state index contributed by atoms with van der Waals surface area (Å²) in [5.74, 6) is -1.65. The molecule has 7 nitrogen and oxygen atoms in total. The lowest BCUT2D eigenvalue weighted by molar-refractivity contribution is -0.152. The third-order valence-corrected chi connectivity index (χ3v) is 3.22. The highest BCUT2D eigenvalue weighted by molar-refractivity contribution is 6.35. The molecule has 2 N–H and O–H groups in total.